The van der Waals surface area contributed by atoms with Crippen molar-refractivity contribution in [3.8, 4) is 0 Å². The minimum absolute atomic E-state index is 0.202. The molecule has 2 rings (SSSR count). The third-order valence-corrected chi connectivity index (χ3v) is 3.39. The first-order valence-corrected chi connectivity index (χ1v) is 6.18. The molecule has 1 aromatic rings. The van der Waals surface area contributed by atoms with E-state index in [2.05, 4.69) is 6.07 Å². The van der Waals surface area contributed by atoms with Crippen molar-refractivity contribution < 1.29 is 9.53 Å². The Morgan fingerprint density at radius 1 is 1.47 bits per heavy atom. The number of hydrogen-bond acceptors (Lipinski definition) is 3. The normalized spacial score (nSPS) is 22.9. The van der Waals surface area contributed by atoms with Crippen LogP contribution in [0.3, 0.4) is 0 Å². The molecule has 0 saturated carbocycles. The fourth-order valence-corrected chi connectivity index (χ4v) is 2.61. The van der Waals surface area contributed by atoms with Gasteiger partial charge >= 0.3 is 5.97 Å². The summed E-state index contributed by atoms with van der Waals surface area (Å²) in [6, 6.07) is 8.14. The highest BCUT2D eigenvalue weighted by Gasteiger charge is 2.34. The molecule has 1 aliphatic rings. The molecule has 0 amide bonds. The fourth-order valence-electron chi connectivity index (χ4n) is 2.61. The first-order valence-electron chi connectivity index (χ1n) is 6.18. The number of rotatable bonds is 3. The number of carbonyl (C=O) groups is 1. The van der Waals surface area contributed by atoms with E-state index in [1.54, 1.807) is 0 Å². The maximum Gasteiger partial charge on any atom is 0.307 e. The van der Waals surface area contributed by atoms with E-state index < -0.39 is 5.54 Å². The maximum absolute atomic E-state index is 11.6. The molecule has 0 saturated heterocycles. The summed E-state index contributed by atoms with van der Waals surface area (Å²) in [6.45, 7) is 2.23. The van der Waals surface area contributed by atoms with E-state index in [9.17, 15) is 4.79 Å². The summed E-state index contributed by atoms with van der Waals surface area (Å²) in [7, 11) is 0. The zero-order chi connectivity index (χ0) is 12.3. The molecule has 0 heterocycles. The van der Waals surface area contributed by atoms with Gasteiger partial charge in [-0.1, -0.05) is 24.3 Å². The van der Waals surface area contributed by atoms with Crippen molar-refractivity contribution in [3.05, 3.63) is 35.4 Å². The van der Waals surface area contributed by atoms with Gasteiger partial charge in [-0.05, 0) is 37.3 Å². The molecule has 0 radical (unpaired) electrons. The molecule has 17 heavy (non-hydrogen) atoms. The minimum atomic E-state index is -0.541. The Bertz CT molecular complexity index is 416. The lowest BCUT2D eigenvalue weighted by atomic mass is 9.75. The van der Waals surface area contributed by atoms with Crippen LogP contribution in [0.4, 0.5) is 0 Å². The molecule has 3 heteroatoms. The Kier molecular flexibility index (Phi) is 3.48. The van der Waals surface area contributed by atoms with Crippen LogP contribution in [0.5, 0.6) is 0 Å². The summed E-state index contributed by atoms with van der Waals surface area (Å²) in [5.41, 5.74) is 8.24. The number of ether oxygens (including phenoxy) is 1. The zero-order valence-corrected chi connectivity index (χ0v) is 10.2. The molecule has 1 atom stereocenters. The lowest BCUT2D eigenvalue weighted by Gasteiger charge is -2.35. The molecular formula is C14H19NO2. The maximum atomic E-state index is 11.6. The van der Waals surface area contributed by atoms with E-state index in [0.717, 1.165) is 24.8 Å². The largest absolute Gasteiger partial charge is 0.466 e. The Morgan fingerprint density at radius 3 is 3.00 bits per heavy atom. The molecule has 0 bridgehead atoms. The van der Waals surface area contributed by atoms with Gasteiger partial charge < -0.3 is 10.5 Å². The van der Waals surface area contributed by atoms with Gasteiger partial charge in [-0.3, -0.25) is 4.79 Å². The predicted molar refractivity (Wildman–Crippen MR) is 66.5 cm³/mol. The number of fused-ring (bicyclic) bond motifs is 1. The first-order chi connectivity index (χ1) is 8.15. The SMILES string of the molecule is CCOC(=O)C[C@@]1(N)CCCc2ccccc21. The van der Waals surface area contributed by atoms with Crippen LogP contribution in [-0.2, 0) is 21.5 Å². The molecule has 1 aliphatic carbocycles. The Labute approximate surface area is 102 Å². The van der Waals surface area contributed by atoms with Gasteiger partial charge in [-0.25, -0.2) is 0 Å². The van der Waals surface area contributed by atoms with Crippen molar-refractivity contribution in [2.45, 2.75) is 38.1 Å². The quantitative estimate of drug-likeness (QED) is 0.814. The summed E-state index contributed by atoms with van der Waals surface area (Å²) in [5.74, 6) is -0.202. The average molecular weight is 233 g/mol. The number of esters is 1. The van der Waals surface area contributed by atoms with Crippen LogP contribution in [0.15, 0.2) is 24.3 Å². The molecule has 1 aromatic carbocycles. The van der Waals surface area contributed by atoms with Crippen LogP contribution in [0, 0.1) is 0 Å². The lowest BCUT2D eigenvalue weighted by molar-refractivity contribution is -0.144. The second-order valence-electron chi connectivity index (χ2n) is 4.65. The van der Waals surface area contributed by atoms with Crippen LogP contribution >= 0.6 is 0 Å². The smallest absolute Gasteiger partial charge is 0.307 e. The van der Waals surface area contributed by atoms with Crippen molar-refractivity contribution in [2.75, 3.05) is 6.61 Å². The molecular weight excluding hydrogens is 214 g/mol. The first kappa shape index (κ1) is 12.1. The van der Waals surface area contributed by atoms with Crippen molar-refractivity contribution in [2.24, 2.45) is 5.73 Å². The van der Waals surface area contributed by atoms with E-state index >= 15 is 0 Å². The standard InChI is InChI=1S/C14H19NO2/c1-2-17-13(16)10-14(15)9-5-7-11-6-3-4-8-12(11)14/h3-4,6,8H,2,5,7,9-10,15H2,1H3/t14-/m0/s1. The van der Waals surface area contributed by atoms with Gasteiger partial charge in [-0.2, -0.15) is 0 Å². The van der Waals surface area contributed by atoms with Crippen LogP contribution < -0.4 is 5.73 Å². The number of aryl methyl sites for hydroxylation is 1. The van der Waals surface area contributed by atoms with E-state index in [4.69, 9.17) is 10.5 Å². The highest BCUT2D eigenvalue weighted by atomic mass is 16.5. The summed E-state index contributed by atoms with van der Waals surface area (Å²) in [4.78, 5) is 11.6. The van der Waals surface area contributed by atoms with Crippen LogP contribution in [-0.4, -0.2) is 12.6 Å². The van der Waals surface area contributed by atoms with E-state index in [-0.39, 0.29) is 12.4 Å². The van der Waals surface area contributed by atoms with Gasteiger partial charge in [0, 0.05) is 0 Å². The van der Waals surface area contributed by atoms with Crippen LogP contribution in [0.1, 0.15) is 37.3 Å². The van der Waals surface area contributed by atoms with Gasteiger partial charge in [0.15, 0.2) is 0 Å². The van der Waals surface area contributed by atoms with Crippen molar-refractivity contribution in [1.82, 2.24) is 0 Å². The second-order valence-corrected chi connectivity index (χ2v) is 4.65. The number of benzene rings is 1. The van der Waals surface area contributed by atoms with E-state index in [0.29, 0.717) is 6.61 Å². The Morgan fingerprint density at radius 2 is 2.24 bits per heavy atom. The van der Waals surface area contributed by atoms with Crippen molar-refractivity contribution >= 4 is 5.97 Å². The second kappa shape index (κ2) is 4.88. The molecule has 2 N–H and O–H groups in total. The average Bonchev–Trinajstić information content (AvgIpc) is 2.29. The van der Waals surface area contributed by atoms with Gasteiger partial charge in [-0.15, -0.1) is 0 Å². The van der Waals surface area contributed by atoms with E-state index in [1.165, 1.54) is 5.56 Å². The predicted octanol–water partition coefficient (Wildman–Crippen LogP) is 2.13. The molecule has 0 spiro atoms. The van der Waals surface area contributed by atoms with Crippen LogP contribution in [0.25, 0.3) is 0 Å². The number of hydrogen-bond donors (Lipinski definition) is 1. The third-order valence-electron chi connectivity index (χ3n) is 3.39. The highest BCUT2D eigenvalue weighted by molar-refractivity contribution is 5.71. The Balaban J connectivity index is 2.23. The number of carbonyl (C=O) groups excluding carboxylic acids is 1. The van der Waals surface area contributed by atoms with E-state index in [1.807, 2.05) is 25.1 Å². The minimum Gasteiger partial charge on any atom is -0.466 e. The lowest BCUT2D eigenvalue weighted by Crippen LogP contribution is -2.42. The highest BCUT2D eigenvalue weighted by Crippen LogP contribution is 2.35. The molecule has 0 fully saturated rings. The summed E-state index contributed by atoms with van der Waals surface area (Å²) < 4.78 is 5.01. The van der Waals surface area contributed by atoms with Gasteiger partial charge in [0.2, 0.25) is 0 Å². The Hall–Kier alpha value is -1.35. The topological polar surface area (TPSA) is 52.3 Å². The molecule has 0 aromatic heterocycles. The number of nitrogens with two attached hydrogens (primary N) is 1. The van der Waals surface area contributed by atoms with Crippen molar-refractivity contribution in [3.63, 3.8) is 0 Å². The fraction of sp³-hybridized carbons (Fsp3) is 0.500. The van der Waals surface area contributed by atoms with Crippen molar-refractivity contribution in [1.29, 1.82) is 0 Å². The summed E-state index contributed by atoms with van der Waals surface area (Å²) >= 11 is 0. The molecule has 92 valence electrons. The van der Waals surface area contributed by atoms with Gasteiger partial charge in [0.1, 0.15) is 0 Å². The third kappa shape index (κ3) is 2.50. The monoisotopic (exact) mass is 233 g/mol. The van der Waals surface area contributed by atoms with Gasteiger partial charge in [0.05, 0.1) is 18.6 Å². The molecule has 3 nitrogen and oxygen atoms in total. The van der Waals surface area contributed by atoms with Crippen LogP contribution in [0.2, 0.25) is 0 Å². The molecule has 0 aliphatic heterocycles. The summed E-state index contributed by atoms with van der Waals surface area (Å²) in [6.07, 6.45) is 3.21. The zero-order valence-electron chi connectivity index (χ0n) is 10.2. The summed E-state index contributed by atoms with van der Waals surface area (Å²) in [5, 5.41) is 0. The van der Waals surface area contributed by atoms with Gasteiger partial charge in [0.25, 0.3) is 0 Å². The molecule has 0 unspecified atom stereocenters.